The molecule has 0 aromatic heterocycles. The number of piperidine rings is 2. The van der Waals surface area contributed by atoms with Gasteiger partial charge in [0, 0.05) is 69.3 Å². The number of likely N-dealkylation sites (tertiary alicyclic amines) is 2. The highest BCUT2D eigenvalue weighted by molar-refractivity contribution is 5.97. The number of rotatable bonds is 9. The zero-order chi connectivity index (χ0) is 29.5. The van der Waals surface area contributed by atoms with Crippen LogP contribution in [0.2, 0.25) is 0 Å². The third-order valence-electron chi connectivity index (χ3n) is 8.80. The Balaban J connectivity index is 0.994. The van der Waals surface area contributed by atoms with Crippen molar-refractivity contribution in [1.29, 1.82) is 0 Å². The predicted molar refractivity (Wildman–Crippen MR) is 160 cm³/mol. The second kappa shape index (κ2) is 13.9. The number of aryl methyl sites for hydroxylation is 1. The Bertz CT molecular complexity index is 1260. The lowest BCUT2D eigenvalue weighted by Gasteiger charge is -2.41. The van der Waals surface area contributed by atoms with Crippen LogP contribution in [0.4, 0.5) is 5.69 Å². The quantitative estimate of drug-likeness (QED) is 0.460. The fraction of sp³-hybridized carbons (Fsp3) is 0.515. The molecule has 4 amide bonds. The van der Waals surface area contributed by atoms with E-state index in [1.807, 2.05) is 52.3 Å². The normalized spacial score (nSPS) is 18.0. The number of amides is 4. The zero-order valence-corrected chi connectivity index (χ0v) is 24.6. The Morgan fingerprint density at radius 1 is 0.857 bits per heavy atom. The molecule has 224 valence electrons. The summed E-state index contributed by atoms with van der Waals surface area (Å²) < 4.78 is 5.85. The lowest BCUT2D eigenvalue weighted by molar-refractivity contribution is -0.133. The number of nitrogens with zero attached hydrogens (tertiary/aromatic N) is 3. The molecule has 0 atom stereocenters. The van der Waals surface area contributed by atoms with Gasteiger partial charge in [0.05, 0.1) is 6.61 Å². The number of hydrogen-bond acceptors (Lipinski definition) is 5. The summed E-state index contributed by atoms with van der Waals surface area (Å²) in [6.45, 7) is 5.27. The van der Waals surface area contributed by atoms with Gasteiger partial charge in [0.2, 0.25) is 17.7 Å². The fourth-order valence-corrected chi connectivity index (χ4v) is 6.29. The van der Waals surface area contributed by atoms with Gasteiger partial charge in [-0.15, -0.1) is 0 Å². The first-order chi connectivity index (χ1) is 20.4. The van der Waals surface area contributed by atoms with Gasteiger partial charge in [0.25, 0.3) is 5.91 Å². The number of ether oxygens (including phenoxy) is 1. The van der Waals surface area contributed by atoms with Crippen molar-refractivity contribution in [2.24, 2.45) is 5.92 Å². The van der Waals surface area contributed by atoms with Crippen molar-refractivity contribution < 1.29 is 23.9 Å². The Kier molecular flexibility index (Phi) is 9.77. The van der Waals surface area contributed by atoms with Gasteiger partial charge in [0.15, 0.2) is 0 Å². The summed E-state index contributed by atoms with van der Waals surface area (Å²) in [7, 11) is 0. The van der Waals surface area contributed by atoms with Gasteiger partial charge in [-0.25, -0.2) is 0 Å². The molecule has 0 radical (unpaired) electrons. The van der Waals surface area contributed by atoms with E-state index in [0.717, 1.165) is 50.6 Å². The Morgan fingerprint density at radius 2 is 1.55 bits per heavy atom. The van der Waals surface area contributed by atoms with Crippen LogP contribution in [0.1, 0.15) is 67.8 Å². The minimum absolute atomic E-state index is 0.00748. The lowest BCUT2D eigenvalue weighted by atomic mass is 9.95. The molecule has 5 rings (SSSR count). The van der Waals surface area contributed by atoms with Crippen LogP contribution in [0.3, 0.4) is 0 Å². The fourth-order valence-electron chi connectivity index (χ4n) is 6.29. The second-order valence-corrected chi connectivity index (χ2v) is 11.6. The molecule has 0 saturated carbocycles. The summed E-state index contributed by atoms with van der Waals surface area (Å²) in [5.74, 6) is 1.04. The lowest BCUT2D eigenvalue weighted by Crippen LogP contribution is -2.50. The molecule has 0 bridgehead atoms. The highest BCUT2D eigenvalue weighted by Gasteiger charge is 2.33. The number of carbonyl (C=O) groups is 4. The number of nitrogens with one attached hydrogen (secondary N) is 1. The molecule has 3 aliphatic heterocycles. The molecule has 2 saturated heterocycles. The van der Waals surface area contributed by atoms with Crippen molar-refractivity contribution in [3.05, 3.63) is 59.7 Å². The molecule has 0 unspecified atom stereocenters. The van der Waals surface area contributed by atoms with Crippen molar-refractivity contribution >= 4 is 29.3 Å². The maximum absolute atomic E-state index is 13.2. The summed E-state index contributed by atoms with van der Waals surface area (Å²) in [6, 6.07) is 15.6. The monoisotopic (exact) mass is 574 g/mol. The van der Waals surface area contributed by atoms with E-state index in [4.69, 9.17) is 4.74 Å². The van der Waals surface area contributed by atoms with Crippen LogP contribution < -0.4 is 15.0 Å². The highest BCUT2D eigenvalue weighted by atomic mass is 16.5. The van der Waals surface area contributed by atoms with E-state index in [2.05, 4.69) is 11.4 Å². The van der Waals surface area contributed by atoms with Gasteiger partial charge in [-0.1, -0.05) is 18.2 Å². The van der Waals surface area contributed by atoms with Crippen molar-refractivity contribution in [3.63, 3.8) is 0 Å². The molecule has 9 nitrogen and oxygen atoms in total. The summed E-state index contributed by atoms with van der Waals surface area (Å²) in [5, 5.41) is 3.01. The number of unbranched alkanes of at least 4 members (excludes halogenated alkanes) is 1. The molecule has 2 aromatic rings. The minimum Gasteiger partial charge on any atom is -0.494 e. The molecule has 0 aliphatic carbocycles. The number of anilines is 1. The van der Waals surface area contributed by atoms with Crippen LogP contribution in [0.25, 0.3) is 0 Å². The van der Waals surface area contributed by atoms with Crippen molar-refractivity contribution in [1.82, 2.24) is 15.1 Å². The maximum atomic E-state index is 13.2. The maximum Gasteiger partial charge on any atom is 0.253 e. The van der Waals surface area contributed by atoms with E-state index in [1.54, 1.807) is 11.8 Å². The van der Waals surface area contributed by atoms with Gasteiger partial charge < -0.3 is 24.8 Å². The number of benzene rings is 2. The topological polar surface area (TPSA) is 99.3 Å². The van der Waals surface area contributed by atoms with Gasteiger partial charge >= 0.3 is 0 Å². The van der Waals surface area contributed by atoms with E-state index in [1.165, 1.54) is 5.56 Å². The van der Waals surface area contributed by atoms with Crippen LogP contribution in [0.5, 0.6) is 5.75 Å². The van der Waals surface area contributed by atoms with Crippen molar-refractivity contribution in [3.8, 4) is 5.75 Å². The molecule has 3 aliphatic rings. The smallest absolute Gasteiger partial charge is 0.253 e. The van der Waals surface area contributed by atoms with Gasteiger partial charge in [-0.2, -0.15) is 0 Å². The van der Waals surface area contributed by atoms with Crippen LogP contribution in [0.15, 0.2) is 48.5 Å². The third-order valence-corrected chi connectivity index (χ3v) is 8.80. The summed E-state index contributed by atoms with van der Waals surface area (Å²) in [4.78, 5) is 55.4. The van der Waals surface area contributed by atoms with Crippen LogP contribution in [0, 0.1) is 5.92 Å². The standard InChI is InChI=1S/C33H42N4O5/c1-24(38)35-19-14-26(15-20-35)32(40)34-18-4-5-23-42-29-11-8-27(9-12-29)33(41)36-21-16-28(17-22-36)37-30-7-3-2-6-25(30)10-13-31(37)39/h2-3,6-9,11-12,26,28H,4-5,10,13-23H2,1H3,(H,34,40). The van der Waals surface area contributed by atoms with Crippen LogP contribution in [-0.4, -0.2) is 78.8 Å². The number of carbonyl (C=O) groups excluding carboxylic acids is 4. The molecule has 2 fully saturated rings. The molecule has 2 aromatic carbocycles. The first-order valence-corrected chi connectivity index (χ1v) is 15.4. The first-order valence-electron chi connectivity index (χ1n) is 15.4. The minimum atomic E-state index is -0.0131. The number of para-hydroxylation sites is 1. The summed E-state index contributed by atoms with van der Waals surface area (Å²) >= 11 is 0. The van der Waals surface area contributed by atoms with Crippen molar-refractivity contribution in [2.45, 2.75) is 64.3 Å². The van der Waals surface area contributed by atoms with Crippen LogP contribution >= 0.6 is 0 Å². The molecule has 9 heteroatoms. The van der Waals surface area contributed by atoms with E-state index in [9.17, 15) is 19.2 Å². The van der Waals surface area contributed by atoms with E-state index in [0.29, 0.717) is 57.1 Å². The van der Waals surface area contributed by atoms with E-state index < -0.39 is 0 Å². The second-order valence-electron chi connectivity index (χ2n) is 11.6. The van der Waals surface area contributed by atoms with Crippen molar-refractivity contribution in [2.75, 3.05) is 44.2 Å². The molecular formula is C33H42N4O5. The van der Waals surface area contributed by atoms with Gasteiger partial charge in [-0.3, -0.25) is 19.2 Å². The zero-order valence-electron chi connectivity index (χ0n) is 24.6. The average Bonchev–Trinajstić information content (AvgIpc) is 3.02. The van der Waals surface area contributed by atoms with E-state index in [-0.39, 0.29) is 35.6 Å². The van der Waals surface area contributed by atoms with Gasteiger partial charge in [-0.05, 0) is 80.8 Å². The van der Waals surface area contributed by atoms with Gasteiger partial charge in [0.1, 0.15) is 5.75 Å². The first kappa shape index (κ1) is 29.6. The van der Waals surface area contributed by atoms with Crippen LogP contribution in [-0.2, 0) is 20.8 Å². The third kappa shape index (κ3) is 7.12. The molecule has 1 N–H and O–H groups in total. The summed E-state index contributed by atoms with van der Waals surface area (Å²) in [5.41, 5.74) is 2.89. The Morgan fingerprint density at radius 3 is 2.26 bits per heavy atom. The molecule has 0 spiro atoms. The SMILES string of the molecule is CC(=O)N1CCC(C(=O)NCCCCOc2ccc(C(=O)N3CCC(N4C(=O)CCc5ccccc54)CC3)cc2)CC1. The Hall–Kier alpha value is -3.88. The summed E-state index contributed by atoms with van der Waals surface area (Å²) in [6.07, 6.45) is 5.95. The highest BCUT2D eigenvalue weighted by Crippen LogP contribution is 2.32. The molecular weight excluding hydrogens is 532 g/mol. The Labute approximate surface area is 248 Å². The number of hydrogen-bond donors (Lipinski definition) is 1. The molecule has 42 heavy (non-hydrogen) atoms. The average molecular weight is 575 g/mol. The largest absolute Gasteiger partial charge is 0.494 e. The van der Waals surface area contributed by atoms with E-state index >= 15 is 0 Å². The number of fused-ring (bicyclic) bond motifs is 1. The molecule has 3 heterocycles. The predicted octanol–water partition coefficient (Wildman–Crippen LogP) is 3.80.